The van der Waals surface area contributed by atoms with Crippen molar-refractivity contribution in [2.75, 3.05) is 32.8 Å². The van der Waals surface area contributed by atoms with Gasteiger partial charge in [-0.15, -0.1) is 0 Å². The minimum absolute atomic E-state index is 0.902. The van der Waals surface area contributed by atoms with Gasteiger partial charge in [-0.25, -0.2) is 0 Å². The maximum atomic E-state index is 2.68. The van der Waals surface area contributed by atoms with Crippen LogP contribution in [-0.2, 0) is 0 Å². The standard InChI is InChI=1S/C14H28N2/c1-14-8-5-3-2-4-6-9-15-10-7-11-16(12-14)13-15/h14H,2-13H2,1H3/t14-/m0/s1. The maximum Gasteiger partial charge on any atom is 0.0506 e. The Balaban J connectivity index is 1.84. The second kappa shape index (κ2) is 6.61. The van der Waals surface area contributed by atoms with E-state index in [2.05, 4.69) is 16.7 Å². The monoisotopic (exact) mass is 224 g/mol. The van der Waals surface area contributed by atoms with E-state index in [1.165, 1.54) is 77.8 Å². The third-order valence-corrected chi connectivity index (χ3v) is 4.09. The number of rotatable bonds is 0. The van der Waals surface area contributed by atoms with Gasteiger partial charge in [0, 0.05) is 19.6 Å². The summed E-state index contributed by atoms with van der Waals surface area (Å²) < 4.78 is 0. The minimum atomic E-state index is 0.902. The van der Waals surface area contributed by atoms with Gasteiger partial charge >= 0.3 is 0 Å². The molecular formula is C14H28N2. The molecule has 0 aromatic rings. The Morgan fingerprint density at radius 2 is 1.44 bits per heavy atom. The van der Waals surface area contributed by atoms with E-state index in [-0.39, 0.29) is 0 Å². The molecule has 3 atom stereocenters. The summed E-state index contributed by atoms with van der Waals surface area (Å²) in [6, 6.07) is 0. The van der Waals surface area contributed by atoms with Crippen LogP contribution >= 0.6 is 0 Å². The molecule has 0 aromatic carbocycles. The zero-order valence-corrected chi connectivity index (χ0v) is 11.0. The highest BCUT2D eigenvalue weighted by Gasteiger charge is 2.18. The Morgan fingerprint density at radius 3 is 2.38 bits per heavy atom. The summed E-state index contributed by atoms with van der Waals surface area (Å²) in [6.45, 7) is 9.02. The van der Waals surface area contributed by atoms with Crippen molar-refractivity contribution in [1.29, 1.82) is 0 Å². The normalized spacial score (nSPS) is 38.4. The molecule has 2 heterocycles. The van der Waals surface area contributed by atoms with Crippen molar-refractivity contribution in [2.24, 2.45) is 5.92 Å². The van der Waals surface area contributed by atoms with E-state index in [1.807, 2.05) is 0 Å². The summed E-state index contributed by atoms with van der Waals surface area (Å²) in [7, 11) is 0. The fourth-order valence-corrected chi connectivity index (χ4v) is 3.16. The van der Waals surface area contributed by atoms with E-state index in [9.17, 15) is 0 Å². The minimum Gasteiger partial charge on any atom is -0.290 e. The molecule has 2 fully saturated rings. The molecule has 0 radical (unpaired) electrons. The number of nitrogens with zero attached hydrogens (tertiary/aromatic N) is 2. The first-order valence-corrected chi connectivity index (χ1v) is 7.29. The molecule has 2 saturated heterocycles. The van der Waals surface area contributed by atoms with E-state index in [1.54, 1.807) is 0 Å². The Kier molecular flexibility index (Phi) is 5.11. The fraction of sp³-hybridized carbons (Fsp3) is 1.00. The van der Waals surface area contributed by atoms with E-state index in [0.29, 0.717) is 0 Å². The molecule has 2 unspecified atom stereocenters. The van der Waals surface area contributed by atoms with Gasteiger partial charge in [0.1, 0.15) is 0 Å². The van der Waals surface area contributed by atoms with Gasteiger partial charge in [-0.2, -0.15) is 0 Å². The van der Waals surface area contributed by atoms with Crippen molar-refractivity contribution in [3.8, 4) is 0 Å². The molecule has 94 valence electrons. The Hall–Kier alpha value is -0.0800. The van der Waals surface area contributed by atoms with Crippen LogP contribution in [0.5, 0.6) is 0 Å². The largest absolute Gasteiger partial charge is 0.290 e. The number of hydrogen-bond acceptors (Lipinski definition) is 2. The lowest BCUT2D eigenvalue weighted by atomic mass is 10.0. The summed E-state index contributed by atoms with van der Waals surface area (Å²) in [5, 5.41) is 0. The van der Waals surface area contributed by atoms with Crippen LogP contribution in [0.25, 0.3) is 0 Å². The molecule has 0 N–H and O–H groups in total. The zero-order valence-electron chi connectivity index (χ0n) is 11.0. The number of hydrogen-bond donors (Lipinski definition) is 0. The first kappa shape index (κ1) is 12.4. The van der Waals surface area contributed by atoms with Crippen molar-refractivity contribution in [3.05, 3.63) is 0 Å². The van der Waals surface area contributed by atoms with Crippen LogP contribution in [0.2, 0.25) is 0 Å². The third kappa shape index (κ3) is 4.06. The van der Waals surface area contributed by atoms with Gasteiger partial charge in [0.25, 0.3) is 0 Å². The second-order valence-electron chi connectivity index (χ2n) is 5.85. The average molecular weight is 224 g/mol. The van der Waals surface area contributed by atoms with E-state index in [4.69, 9.17) is 0 Å². The lowest BCUT2D eigenvalue weighted by Gasteiger charge is -2.37. The van der Waals surface area contributed by atoms with Crippen molar-refractivity contribution in [3.63, 3.8) is 0 Å². The molecule has 0 aromatic heterocycles. The van der Waals surface area contributed by atoms with Gasteiger partial charge in [-0.3, -0.25) is 9.80 Å². The molecule has 2 nitrogen and oxygen atoms in total. The Morgan fingerprint density at radius 1 is 0.750 bits per heavy atom. The molecule has 2 aliphatic heterocycles. The van der Waals surface area contributed by atoms with Crippen molar-refractivity contribution in [2.45, 2.75) is 51.9 Å². The van der Waals surface area contributed by atoms with Crippen LogP contribution in [0, 0.1) is 5.92 Å². The summed E-state index contributed by atoms with van der Waals surface area (Å²) in [5.41, 5.74) is 0. The molecule has 16 heavy (non-hydrogen) atoms. The van der Waals surface area contributed by atoms with Crippen LogP contribution in [0.4, 0.5) is 0 Å². The summed E-state index contributed by atoms with van der Waals surface area (Å²) in [6.07, 6.45) is 10.1. The van der Waals surface area contributed by atoms with Crippen molar-refractivity contribution >= 4 is 0 Å². The van der Waals surface area contributed by atoms with Gasteiger partial charge < -0.3 is 0 Å². The summed E-state index contributed by atoms with van der Waals surface area (Å²) >= 11 is 0. The quantitative estimate of drug-likeness (QED) is 0.624. The SMILES string of the molecule is C[C@H]1CCCCCCCN2CCCN(C1)C2. The molecule has 0 spiro atoms. The topological polar surface area (TPSA) is 6.48 Å². The van der Waals surface area contributed by atoms with Gasteiger partial charge in [-0.05, 0) is 31.7 Å². The highest BCUT2D eigenvalue weighted by atomic mass is 15.3. The smallest absolute Gasteiger partial charge is 0.0506 e. The molecule has 0 amide bonds. The summed E-state index contributed by atoms with van der Waals surface area (Å²) in [5.74, 6) is 0.902. The van der Waals surface area contributed by atoms with Crippen LogP contribution in [0.15, 0.2) is 0 Å². The van der Waals surface area contributed by atoms with Gasteiger partial charge in [-0.1, -0.05) is 32.6 Å². The first-order chi connectivity index (χ1) is 7.84. The van der Waals surface area contributed by atoms with Crippen LogP contribution in [-0.4, -0.2) is 42.6 Å². The van der Waals surface area contributed by atoms with Gasteiger partial charge in [0.05, 0.1) is 6.67 Å². The first-order valence-electron chi connectivity index (χ1n) is 7.29. The molecule has 2 bridgehead atoms. The van der Waals surface area contributed by atoms with Gasteiger partial charge in [0.2, 0.25) is 0 Å². The Bertz CT molecular complexity index is 191. The molecule has 2 heteroatoms. The maximum absolute atomic E-state index is 2.68. The fourth-order valence-electron chi connectivity index (χ4n) is 3.16. The molecular weight excluding hydrogens is 196 g/mol. The molecule has 2 aliphatic rings. The predicted octanol–water partition coefficient (Wildman–Crippen LogP) is 2.94. The number of fused-ring (bicyclic) bond motifs is 2. The van der Waals surface area contributed by atoms with Crippen LogP contribution in [0.3, 0.4) is 0 Å². The Labute approximate surface area is 101 Å². The van der Waals surface area contributed by atoms with E-state index >= 15 is 0 Å². The van der Waals surface area contributed by atoms with Crippen LogP contribution < -0.4 is 0 Å². The summed E-state index contributed by atoms with van der Waals surface area (Å²) in [4.78, 5) is 5.34. The van der Waals surface area contributed by atoms with Crippen molar-refractivity contribution < 1.29 is 0 Å². The molecule has 0 aliphatic carbocycles. The molecule has 2 rings (SSSR count). The predicted molar refractivity (Wildman–Crippen MR) is 69.5 cm³/mol. The van der Waals surface area contributed by atoms with E-state index < -0.39 is 0 Å². The lowest BCUT2D eigenvalue weighted by molar-refractivity contribution is 0.0710. The third-order valence-electron chi connectivity index (χ3n) is 4.09. The van der Waals surface area contributed by atoms with Crippen LogP contribution in [0.1, 0.15) is 51.9 Å². The van der Waals surface area contributed by atoms with E-state index in [0.717, 1.165) is 5.92 Å². The zero-order chi connectivity index (χ0) is 11.2. The highest BCUT2D eigenvalue weighted by molar-refractivity contribution is 4.71. The van der Waals surface area contributed by atoms with Crippen molar-refractivity contribution in [1.82, 2.24) is 9.80 Å². The highest BCUT2D eigenvalue weighted by Crippen LogP contribution is 2.17. The lowest BCUT2D eigenvalue weighted by Crippen LogP contribution is -2.46. The average Bonchev–Trinajstić information content (AvgIpc) is 2.27. The second-order valence-corrected chi connectivity index (χ2v) is 5.85. The molecule has 0 saturated carbocycles. The van der Waals surface area contributed by atoms with Gasteiger partial charge in [0.15, 0.2) is 0 Å².